The van der Waals surface area contributed by atoms with Crippen LogP contribution in [-0.2, 0) is 22.4 Å². The van der Waals surface area contributed by atoms with Crippen molar-refractivity contribution in [1.29, 1.82) is 0 Å². The molecule has 0 unspecified atom stereocenters. The van der Waals surface area contributed by atoms with Gasteiger partial charge in [-0.3, -0.25) is 9.59 Å². The van der Waals surface area contributed by atoms with Crippen molar-refractivity contribution in [2.45, 2.75) is 132 Å². The SMILES string of the molecule is CC(C)(C)N[C@](C)(Cc1c(F)cccc1F)C(=O)C(C)(C)C.CC(C)(C)N[C@](C)(Cc1ccccc1F)C(=O)C(C)(C)C. The molecule has 0 aliphatic rings. The molecule has 0 saturated heterocycles. The van der Waals surface area contributed by atoms with Gasteiger partial charge in [-0.2, -0.15) is 0 Å². The van der Waals surface area contributed by atoms with Gasteiger partial charge in [0.2, 0.25) is 0 Å². The van der Waals surface area contributed by atoms with Crippen molar-refractivity contribution < 1.29 is 22.8 Å². The van der Waals surface area contributed by atoms with Gasteiger partial charge in [0.25, 0.3) is 0 Å². The fourth-order valence-corrected chi connectivity index (χ4v) is 5.75. The molecule has 4 nitrogen and oxygen atoms in total. The molecule has 0 bridgehead atoms. The predicted octanol–water partition coefficient (Wildman–Crippen LogP) is 8.40. The summed E-state index contributed by atoms with van der Waals surface area (Å²) in [6, 6.07) is 10.4. The first-order valence-corrected chi connectivity index (χ1v) is 15.0. The molecule has 0 aromatic heterocycles. The van der Waals surface area contributed by atoms with Gasteiger partial charge in [-0.05, 0) is 79.2 Å². The van der Waals surface area contributed by atoms with E-state index in [2.05, 4.69) is 10.6 Å². The summed E-state index contributed by atoms with van der Waals surface area (Å²) in [6.07, 6.45) is 0.311. The van der Waals surface area contributed by atoms with Crippen LogP contribution < -0.4 is 10.6 Å². The molecule has 0 spiro atoms. The molecule has 0 fully saturated rings. The van der Waals surface area contributed by atoms with E-state index in [1.54, 1.807) is 25.1 Å². The van der Waals surface area contributed by atoms with Crippen LogP contribution in [0.2, 0.25) is 0 Å². The summed E-state index contributed by atoms with van der Waals surface area (Å²) in [5, 5.41) is 6.66. The highest BCUT2D eigenvalue weighted by molar-refractivity contribution is 5.93. The maximum Gasteiger partial charge on any atom is 0.158 e. The maximum absolute atomic E-state index is 14.0. The minimum atomic E-state index is -1.06. The Morgan fingerprint density at radius 1 is 0.535 bits per heavy atom. The Hall–Kier alpha value is -2.51. The first-order chi connectivity index (χ1) is 19.1. The van der Waals surface area contributed by atoms with Crippen molar-refractivity contribution in [3.63, 3.8) is 0 Å². The van der Waals surface area contributed by atoms with Crippen LogP contribution in [0.4, 0.5) is 13.2 Å². The van der Waals surface area contributed by atoms with Crippen LogP contribution >= 0.6 is 0 Å². The fourth-order valence-electron chi connectivity index (χ4n) is 5.75. The van der Waals surface area contributed by atoms with E-state index in [4.69, 9.17) is 0 Å². The number of ketones is 2. The fraction of sp³-hybridized carbons (Fsp3) is 0.611. The predicted molar refractivity (Wildman–Crippen MR) is 172 cm³/mol. The van der Waals surface area contributed by atoms with Crippen molar-refractivity contribution >= 4 is 11.6 Å². The smallest absolute Gasteiger partial charge is 0.158 e. The van der Waals surface area contributed by atoms with Gasteiger partial charge in [0, 0.05) is 40.3 Å². The normalized spacial score (nSPS) is 15.6. The third-order valence-electron chi connectivity index (χ3n) is 6.76. The number of hydrogen-bond acceptors (Lipinski definition) is 4. The van der Waals surface area contributed by atoms with Crippen LogP contribution in [0.25, 0.3) is 0 Å². The quantitative estimate of drug-likeness (QED) is 0.318. The molecular formula is C36H55F3N2O2. The molecule has 0 saturated carbocycles. The van der Waals surface area contributed by atoms with Gasteiger partial charge in [-0.15, -0.1) is 0 Å². The van der Waals surface area contributed by atoms with E-state index in [0.29, 0.717) is 12.0 Å². The van der Waals surface area contributed by atoms with Gasteiger partial charge >= 0.3 is 0 Å². The van der Waals surface area contributed by atoms with Crippen LogP contribution in [0, 0.1) is 28.3 Å². The molecule has 2 N–H and O–H groups in total. The van der Waals surface area contributed by atoms with Crippen LogP contribution in [0.5, 0.6) is 0 Å². The van der Waals surface area contributed by atoms with E-state index in [-0.39, 0.29) is 40.4 Å². The Labute approximate surface area is 258 Å². The first kappa shape index (κ1) is 38.5. The summed E-state index contributed by atoms with van der Waals surface area (Å²) in [6.45, 7) is 26.6. The Morgan fingerprint density at radius 2 is 0.884 bits per heavy atom. The van der Waals surface area contributed by atoms with Gasteiger partial charge in [-0.1, -0.05) is 65.8 Å². The summed E-state index contributed by atoms with van der Waals surface area (Å²) in [7, 11) is 0. The molecule has 0 aliphatic heterocycles. The molecular weight excluding hydrogens is 549 g/mol. The number of benzene rings is 2. The number of Topliss-reactive ketones (excluding diaryl/α,β-unsaturated/α-hetero) is 2. The lowest BCUT2D eigenvalue weighted by atomic mass is 9.75. The molecule has 2 rings (SSSR count). The van der Waals surface area contributed by atoms with Crippen molar-refractivity contribution in [2.24, 2.45) is 10.8 Å². The summed E-state index contributed by atoms with van der Waals surface area (Å²) < 4.78 is 42.0. The Morgan fingerprint density at radius 3 is 1.23 bits per heavy atom. The van der Waals surface area contributed by atoms with Crippen molar-refractivity contribution in [3.8, 4) is 0 Å². The minimum absolute atomic E-state index is 0.0289. The molecule has 7 heteroatoms. The third kappa shape index (κ3) is 11.8. The maximum atomic E-state index is 14.0. The molecule has 43 heavy (non-hydrogen) atoms. The number of rotatable bonds is 8. The molecule has 0 heterocycles. The zero-order chi connectivity index (χ0) is 33.8. The lowest BCUT2D eigenvalue weighted by Crippen LogP contribution is -2.61. The number of nitrogens with one attached hydrogen (secondary N) is 2. The molecule has 0 amide bonds. The third-order valence-corrected chi connectivity index (χ3v) is 6.76. The van der Waals surface area contributed by atoms with Crippen LogP contribution in [-0.4, -0.2) is 33.7 Å². The second-order valence-corrected chi connectivity index (χ2v) is 16.2. The standard InChI is InChI=1S/C18H27F2NO.C18H28FNO/c1-16(2,3)15(22)18(7,21-17(4,5)6)11-12-13(19)9-8-10-14(12)20;1-16(2,3)15(21)18(7,20-17(4,5)6)12-13-10-8-9-11-14(13)19/h8-10,21H,11H2,1-7H3;8-11,20H,12H2,1-7H3/t2*18-/m11/s1. The molecule has 0 aliphatic carbocycles. The largest absolute Gasteiger partial charge is 0.300 e. The van der Waals surface area contributed by atoms with E-state index in [0.717, 1.165) is 0 Å². The number of carbonyl (C=O) groups excluding carboxylic acids is 2. The Bertz CT molecular complexity index is 1240. The lowest BCUT2D eigenvalue weighted by Gasteiger charge is -2.40. The second-order valence-electron chi connectivity index (χ2n) is 16.2. The lowest BCUT2D eigenvalue weighted by molar-refractivity contribution is -0.133. The van der Waals surface area contributed by atoms with Gasteiger partial charge < -0.3 is 10.6 Å². The highest BCUT2D eigenvalue weighted by atomic mass is 19.1. The van der Waals surface area contributed by atoms with Crippen molar-refractivity contribution in [2.75, 3.05) is 0 Å². The van der Waals surface area contributed by atoms with E-state index in [1.807, 2.05) is 90.0 Å². The summed E-state index contributed by atoms with van der Waals surface area (Å²) in [5.41, 5.74) is -3.06. The Kier molecular flexibility index (Phi) is 12.2. The summed E-state index contributed by atoms with van der Waals surface area (Å²) >= 11 is 0. The highest BCUT2D eigenvalue weighted by Gasteiger charge is 2.43. The van der Waals surface area contributed by atoms with Crippen LogP contribution in [0.15, 0.2) is 42.5 Å². The summed E-state index contributed by atoms with van der Waals surface area (Å²) in [5.74, 6) is -1.49. The zero-order valence-corrected chi connectivity index (χ0v) is 28.9. The minimum Gasteiger partial charge on any atom is -0.300 e. The number of hydrogen-bond donors (Lipinski definition) is 2. The molecule has 0 radical (unpaired) electrons. The van der Waals surface area contributed by atoms with Gasteiger partial charge in [0.15, 0.2) is 11.6 Å². The van der Waals surface area contributed by atoms with Gasteiger partial charge in [0.1, 0.15) is 17.5 Å². The summed E-state index contributed by atoms with van der Waals surface area (Å²) in [4.78, 5) is 25.8. The Balaban J connectivity index is 0.000000430. The van der Waals surface area contributed by atoms with Crippen molar-refractivity contribution in [3.05, 3.63) is 71.0 Å². The van der Waals surface area contributed by atoms with Gasteiger partial charge in [-0.25, -0.2) is 13.2 Å². The second kappa shape index (κ2) is 13.6. The van der Waals surface area contributed by atoms with E-state index >= 15 is 0 Å². The number of carbonyl (C=O) groups is 2. The molecule has 2 aromatic rings. The molecule has 242 valence electrons. The van der Waals surface area contributed by atoms with E-state index < -0.39 is 33.5 Å². The van der Waals surface area contributed by atoms with Gasteiger partial charge in [0.05, 0.1) is 11.1 Å². The number of halogens is 3. The van der Waals surface area contributed by atoms with Crippen molar-refractivity contribution in [1.82, 2.24) is 10.6 Å². The zero-order valence-electron chi connectivity index (χ0n) is 28.9. The van der Waals surface area contributed by atoms with Crippen LogP contribution in [0.3, 0.4) is 0 Å². The van der Waals surface area contributed by atoms with Crippen LogP contribution in [0.1, 0.15) is 108 Å². The average Bonchev–Trinajstić information content (AvgIpc) is 2.79. The molecule has 2 atom stereocenters. The molecule has 2 aromatic carbocycles. The highest BCUT2D eigenvalue weighted by Crippen LogP contribution is 2.30. The van der Waals surface area contributed by atoms with E-state index in [9.17, 15) is 22.8 Å². The van der Waals surface area contributed by atoms with E-state index in [1.165, 1.54) is 24.3 Å². The monoisotopic (exact) mass is 604 g/mol. The average molecular weight is 605 g/mol. The topological polar surface area (TPSA) is 58.2 Å². The first-order valence-electron chi connectivity index (χ1n) is 15.0.